The van der Waals surface area contributed by atoms with Crippen LogP contribution in [0.4, 0.5) is 5.69 Å². The molecule has 6 nitrogen and oxygen atoms in total. The lowest BCUT2D eigenvalue weighted by Crippen LogP contribution is -2.19. The minimum Gasteiger partial charge on any atom is -0.324 e. The third kappa shape index (κ3) is 4.13. The first-order chi connectivity index (χ1) is 9.95. The molecule has 0 radical (unpaired) electrons. The molecule has 2 aromatic rings. The van der Waals surface area contributed by atoms with Gasteiger partial charge >= 0.3 is 0 Å². The summed E-state index contributed by atoms with van der Waals surface area (Å²) in [6, 6.07) is 7.66. The van der Waals surface area contributed by atoms with Gasteiger partial charge in [-0.3, -0.25) is 4.79 Å². The summed E-state index contributed by atoms with van der Waals surface area (Å²) in [5, 5.41) is 10.6. The third-order valence-corrected chi connectivity index (χ3v) is 3.19. The molecule has 1 aromatic heterocycles. The summed E-state index contributed by atoms with van der Waals surface area (Å²) in [4.78, 5) is 11.9. The Labute approximate surface area is 124 Å². The number of carbonyl (C=O) groups is 1. The van der Waals surface area contributed by atoms with Gasteiger partial charge in [0.25, 0.3) is 0 Å². The Kier molecular flexibility index (Phi) is 4.70. The molecule has 0 spiro atoms. The van der Waals surface area contributed by atoms with Crippen molar-refractivity contribution in [2.45, 2.75) is 39.3 Å². The monoisotopic (exact) mass is 287 g/mol. The van der Waals surface area contributed by atoms with Crippen molar-refractivity contribution in [2.24, 2.45) is 5.73 Å². The number of anilines is 1. The lowest BCUT2D eigenvalue weighted by Gasteiger charge is -2.08. The predicted molar refractivity (Wildman–Crippen MR) is 81.8 cm³/mol. The fourth-order valence-corrected chi connectivity index (χ4v) is 1.90. The standard InChI is InChI=1S/C15H21N5O/c1-10(2)12-4-6-13(7-5-12)17-15(21)9-20-8-14(11(3)16)18-19-20/h4-8,10-11H,9,16H2,1-3H3,(H,17,21). The Bertz CT molecular complexity index is 601. The maximum absolute atomic E-state index is 11.9. The first-order valence-electron chi connectivity index (χ1n) is 7.01. The normalized spacial score (nSPS) is 12.4. The molecule has 6 heteroatoms. The molecule has 0 aliphatic rings. The lowest BCUT2D eigenvalue weighted by molar-refractivity contribution is -0.116. The molecule has 1 atom stereocenters. The van der Waals surface area contributed by atoms with Gasteiger partial charge in [0.1, 0.15) is 6.54 Å². The van der Waals surface area contributed by atoms with Gasteiger partial charge in [0, 0.05) is 11.7 Å². The maximum Gasteiger partial charge on any atom is 0.246 e. The minimum atomic E-state index is -0.189. The molecule has 1 amide bonds. The highest BCUT2D eigenvalue weighted by atomic mass is 16.2. The van der Waals surface area contributed by atoms with E-state index >= 15 is 0 Å². The molecular formula is C15H21N5O. The molecular weight excluding hydrogens is 266 g/mol. The number of amides is 1. The van der Waals surface area contributed by atoms with Gasteiger partial charge in [-0.15, -0.1) is 5.10 Å². The number of nitrogens with zero attached hydrogens (tertiary/aromatic N) is 3. The van der Waals surface area contributed by atoms with Crippen molar-refractivity contribution in [1.29, 1.82) is 0 Å². The molecule has 1 aromatic carbocycles. The summed E-state index contributed by atoms with van der Waals surface area (Å²) < 4.78 is 1.48. The Morgan fingerprint density at radius 2 is 1.95 bits per heavy atom. The largest absolute Gasteiger partial charge is 0.324 e. The van der Waals surface area contributed by atoms with E-state index in [0.29, 0.717) is 11.6 Å². The average Bonchev–Trinajstić information content (AvgIpc) is 2.87. The maximum atomic E-state index is 11.9. The molecule has 0 saturated heterocycles. The van der Waals surface area contributed by atoms with E-state index in [2.05, 4.69) is 29.5 Å². The van der Waals surface area contributed by atoms with Crippen molar-refractivity contribution in [3.05, 3.63) is 41.7 Å². The third-order valence-electron chi connectivity index (χ3n) is 3.19. The summed E-state index contributed by atoms with van der Waals surface area (Å²) in [7, 11) is 0. The molecule has 0 bridgehead atoms. The number of aromatic nitrogens is 3. The van der Waals surface area contributed by atoms with Crippen LogP contribution < -0.4 is 11.1 Å². The Balaban J connectivity index is 1.94. The Morgan fingerprint density at radius 1 is 1.29 bits per heavy atom. The van der Waals surface area contributed by atoms with E-state index in [4.69, 9.17) is 5.73 Å². The van der Waals surface area contributed by atoms with Crippen LogP contribution in [0.2, 0.25) is 0 Å². The quantitative estimate of drug-likeness (QED) is 0.881. The zero-order valence-corrected chi connectivity index (χ0v) is 12.6. The Morgan fingerprint density at radius 3 is 2.48 bits per heavy atom. The van der Waals surface area contributed by atoms with E-state index in [9.17, 15) is 4.79 Å². The van der Waals surface area contributed by atoms with Crippen LogP contribution in [-0.4, -0.2) is 20.9 Å². The zero-order valence-electron chi connectivity index (χ0n) is 12.6. The molecule has 21 heavy (non-hydrogen) atoms. The van der Waals surface area contributed by atoms with Crippen LogP contribution in [0, 0.1) is 0 Å². The highest BCUT2D eigenvalue weighted by Crippen LogP contribution is 2.17. The summed E-state index contributed by atoms with van der Waals surface area (Å²) in [5.41, 5.74) is 8.39. The van der Waals surface area contributed by atoms with Gasteiger partial charge in [0.2, 0.25) is 5.91 Å². The predicted octanol–water partition coefficient (Wildman–Crippen LogP) is 2.06. The van der Waals surface area contributed by atoms with Crippen molar-refractivity contribution in [2.75, 3.05) is 5.32 Å². The average molecular weight is 287 g/mol. The molecule has 112 valence electrons. The van der Waals surface area contributed by atoms with Gasteiger partial charge in [-0.2, -0.15) is 0 Å². The molecule has 0 saturated carbocycles. The van der Waals surface area contributed by atoms with Crippen molar-refractivity contribution >= 4 is 11.6 Å². The number of nitrogens with two attached hydrogens (primary N) is 1. The highest BCUT2D eigenvalue weighted by molar-refractivity contribution is 5.90. The second-order valence-corrected chi connectivity index (χ2v) is 5.45. The number of rotatable bonds is 5. The smallest absolute Gasteiger partial charge is 0.246 e. The first kappa shape index (κ1) is 15.2. The second kappa shape index (κ2) is 6.49. The van der Waals surface area contributed by atoms with Crippen LogP contribution >= 0.6 is 0 Å². The van der Waals surface area contributed by atoms with Gasteiger partial charge < -0.3 is 11.1 Å². The molecule has 1 heterocycles. The summed E-state index contributed by atoms with van der Waals surface area (Å²) in [6.45, 7) is 6.21. The van der Waals surface area contributed by atoms with Crippen LogP contribution in [0.3, 0.4) is 0 Å². The van der Waals surface area contributed by atoms with Gasteiger partial charge in [0.15, 0.2) is 0 Å². The first-order valence-corrected chi connectivity index (χ1v) is 7.01. The second-order valence-electron chi connectivity index (χ2n) is 5.45. The Hall–Kier alpha value is -2.21. The number of hydrogen-bond acceptors (Lipinski definition) is 4. The number of nitrogens with one attached hydrogen (secondary N) is 1. The number of carbonyl (C=O) groups excluding carboxylic acids is 1. The van der Waals surface area contributed by atoms with E-state index in [-0.39, 0.29) is 18.5 Å². The molecule has 0 fully saturated rings. The summed E-state index contributed by atoms with van der Waals surface area (Å²) >= 11 is 0. The van der Waals surface area contributed by atoms with Crippen LogP contribution in [-0.2, 0) is 11.3 Å². The van der Waals surface area contributed by atoms with E-state index in [0.717, 1.165) is 5.69 Å². The van der Waals surface area contributed by atoms with Crippen molar-refractivity contribution in [1.82, 2.24) is 15.0 Å². The molecule has 1 unspecified atom stereocenters. The van der Waals surface area contributed by atoms with E-state index < -0.39 is 0 Å². The van der Waals surface area contributed by atoms with E-state index in [1.807, 2.05) is 31.2 Å². The molecule has 0 aliphatic heterocycles. The van der Waals surface area contributed by atoms with Crippen molar-refractivity contribution in [3.63, 3.8) is 0 Å². The van der Waals surface area contributed by atoms with Crippen LogP contribution in [0.1, 0.15) is 44.0 Å². The highest BCUT2D eigenvalue weighted by Gasteiger charge is 2.09. The molecule has 2 rings (SSSR count). The van der Waals surface area contributed by atoms with E-state index in [1.165, 1.54) is 10.2 Å². The van der Waals surface area contributed by atoms with Gasteiger partial charge in [0.05, 0.1) is 11.9 Å². The lowest BCUT2D eigenvalue weighted by atomic mass is 10.0. The summed E-state index contributed by atoms with van der Waals surface area (Å²) in [5.74, 6) is 0.329. The van der Waals surface area contributed by atoms with Crippen molar-refractivity contribution in [3.8, 4) is 0 Å². The van der Waals surface area contributed by atoms with Gasteiger partial charge in [-0.25, -0.2) is 4.68 Å². The van der Waals surface area contributed by atoms with Crippen LogP contribution in [0.5, 0.6) is 0 Å². The molecule has 3 N–H and O–H groups in total. The minimum absolute atomic E-state index is 0.117. The van der Waals surface area contributed by atoms with Gasteiger partial charge in [-0.05, 0) is 30.5 Å². The fraction of sp³-hybridized carbons (Fsp3) is 0.400. The fourth-order valence-electron chi connectivity index (χ4n) is 1.90. The van der Waals surface area contributed by atoms with Crippen LogP contribution in [0.15, 0.2) is 30.5 Å². The number of hydrogen-bond donors (Lipinski definition) is 2. The van der Waals surface area contributed by atoms with E-state index in [1.54, 1.807) is 6.20 Å². The zero-order chi connectivity index (χ0) is 15.4. The van der Waals surface area contributed by atoms with Gasteiger partial charge in [-0.1, -0.05) is 31.2 Å². The number of benzene rings is 1. The van der Waals surface area contributed by atoms with Crippen molar-refractivity contribution < 1.29 is 4.79 Å². The van der Waals surface area contributed by atoms with Crippen LogP contribution in [0.25, 0.3) is 0 Å². The topological polar surface area (TPSA) is 85.8 Å². The molecule has 0 aliphatic carbocycles. The summed E-state index contributed by atoms with van der Waals surface area (Å²) in [6.07, 6.45) is 1.69. The SMILES string of the molecule is CC(C)c1ccc(NC(=O)Cn2cc(C(C)N)nn2)cc1.